The minimum Gasteiger partial charge on any atom is -0.329 e. The fraction of sp³-hybridized carbons (Fsp3) is 0.167. The van der Waals surface area contributed by atoms with E-state index in [0.717, 1.165) is 10.5 Å². The van der Waals surface area contributed by atoms with Gasteiger partial charge in [0, 0.05) is 5.56 Å². The Kier molecular flexibility index (Phi) is 4.47. The zero-order valence-corrected chi connectivity index (χ0v) is 13.5. The lowest BCUT2D eigenvalue weighted by Gasteiger charge is -2.12. The maximum atomic E-state index is 13.7. The number of benzene rings is 2. The summed E-state index contributed by atoms with van der Waals surface area (Å²) in [7, 11) is 0. The first-order chi connectivity index (χ1) is 11.9. The van der Waals surface area contributed by atoms with E-state index in [1.807, 2.05) is 0 Å². The Bertz CT molecular complexity index is 833. The summed E-state index contributed by atoms with van der Waals surface area (Å²) in [5, 5.41) is 4.98. The molecular formula is C18H16FN3O3. The van der Waals surface area contributed by atoms with Gasteiger partial charge < -0.3 is 10.6 Å². The minimum absolute atomic E-state index is 0.00137. The van der Waals surface area contributed by atoms with Crippen LogP contribution in [0.25, 0.3) is 0 Å². The van der Waals surface area contributed by atoms with Crippen LogP contribution in [0.2, 0.25) is 0 Å². The van der Waals surface area contributed by atoms with Gasteiger partial charge in [0.25, 0.3) is 5.91 Å². The summed E-state index contributed by atoms with van der Waals surface area (Å²) in [6.45, 7) is 1.94. The molecule has 7 heteroatoms. The largest absolute Gasteiger partial charge is 0.329 e. The standard InChI is InChI=1S/C18H16FN3O3/c1-11-2-7-14(19)15(8-11)21-17(24)13-5-3-12(4-6-13)10-22-16(23)9-20-18(22)25/h2-8H,9-10H2,1H3,(H,20,25)(H,21,24). The quantitative estimate of drug-likeness (QED) is 0.839. The number of nitrogens with one attached hydrogen (secondary N) is 2. The average Bonchev–Trinajstić information content (AvgIpc) is 2.91. The number of rotatable bonds is 4. The second-order valence-corrected chi connectivity index (χ2v) is 5.77. The Morgan fingerprint density at radius 1 is 1.20 bits per heavy atom. The highest BCUT2D eigenvalue weighted by Gasteiger charge is 2.28. The van der Waals surface area contributed by atoms with E-state index < -0.39 is 17.8 Å². The minimum atomic E-state index is -0.505. The highest BCUT2D eigenvalue weighted by atomic mass is 19.1. The number of carbonyl (C=O) groups is 3. The van der Waals surface area contributed by atoms with Crippen molar-refractivity contribution in [3.05, 3.63) is 65.0 Å². The molecule has 0 unspecified atom stereocenters. The molecule has 0 atom stereocenters. The Morgan fingerprint density at radius 3 is 2.56 bits per heavy atom. The van der Waals surface area contributed by atoms with E-state index >= 15 is 0 Å². The van der Waals surface area contributed by atoms with Gasteiger partial charge in [-0.1, -0.05) is 18.2 Å². The van der Waals surface area contributed by atoms with Crippen LogP contribution >= 0.6 is 0 Å². The molecule has 0 radical (unpaired) electrons. The second-order valence-electron chi connectivity index (χ2n) is 5.77. The number of carbonyl (C=O) groups excluding carboxylic acids is 3. The summed E-state index contributed by atoms with van der Waals surface area (Å²) in [5.74, 6) is -1.23. The van der Waals surface area contributed by atoms with Crippen LogP contribution in [0.15, 0.2) is 42.5 Å². The van der Waals surface area contributed by atoms with Crippen LogP contribution in [-0.4, -0.2) is 29.3 Å². The van der Waals surface area contributed by atoms with E-state index in [2.05, 4.69) is 10.6 Å². The molecule has 2 N–H and O–H groups in total. The van der Waals surface area contributed by atoms with Gasteiger partial charge in [0.05, 0.1) is 18.8 Å². The Balaban J connectivity index is 1.69. The number of halogens is 1. The number of amides is 4. The Labute approximate surface area is 143 Å². The predicted octanol–water partition coefficient (Wildman–Crippen LogP) is 2.44. The van der Waals surface area contributed by atoms with Gasteiger partial charge in [0.1, 0.15) is 5.82 Å². The summed E-state index contributed by atoms with van der Waals surface area (Å²) >= 11 is 0. The average molecular weight is 341 g/mol. The highest BCUT2D eigenvalue weighted by molar-refractivity contribution is 6.04. The van der Waals surface area contributed by atoms with Crippen molar-refractivity contribution >= 4 is 23.5 Å². The number of urea groups is 1. The fourth-order valence-electron chi connectivity index (χ4n) is 2.49. The number of hydrogen-bond donors (Lipinski definition) is 2. The van der Waals surface area contributed by atoms with E-state index in [0.29, 0.717) is 11.1 Å². The highest BCUT2D eigenvalue weighted by Crippen LogP contribution is 2.17. The molecule has 6 nitrogen and oxygen atoms in total. The van der Waals surface area contributed by atoms with Gasteiger partial charge in [0.15, 0.2) is 0 Å². The lowest BCUT2D eigenvalue weighted by molar-refractivity contribution is -0.125. The van der Waals surface area contributed by atoms with Crippen molar-refractivity contribution in [2.45, 2.75) is 13.5 Å². The topological polar surface area (TPSA) is 78.5 Å². The molecule has 2 aromatic carbocycles. The molecule has 1 aliphatic rings. The number of imide groups is 1. The third-order valence-corrected chi connectivity index (χ3v) is 3.86. The smallest absolute Gasteiger partial charge is 0.324 e. The second kappa shape index (κ2) is 6.72. The van der Waals surface area contributed by atoms with Crippen molar-refractivity contribution in [2.75, 3.05) is 11.9 Å². The van der Waals surface area contributed by atoms with Crippen LogP contribution in [0, 0.1) is 12.7 Å². The molecule has 128 valence electrons. The maximum absolute atomic E-state index is 13.7. The molecule has 2 aromatic rings. The van der Waals surface area contributed by atoms with E-state index in [1.54, 1.807) is 43.3 Å². The molecule has 4 amide bonds. The van der Waals surface area contributed by atoms with Gasteiger partial charge in [-0.3, -0.25) is 14.5 Å². The van der Waals surface area contributed by atoms with Crippen LogP contribution < -0.4 is 10.6 Å². The van der Waals surface area contributed by atoms with E-state index in [1.165, 1.54) is 6.07 Å². The molecule has 0 bridgehead atoms. The molecule has 0 aromatic heterocycles. The molecule has 1 aliphatic heterocycles. The molecule has 1 saturated heterocycles. The van der Waals surface area contributed by atoms with Crippen LogP contribution in [0.4, 0.5) is 14.9 Å². The molecular weight excluding hydrogens is 325 g/mol. The summed E-state index contributed by atoms with van der Waals surface area (Å²) in [5.41, 5.74) is 2.01. The van der Waals surface area contributed by atoms with Crippen molar-refractivity contribution in [2.24, 2.45) is 0 Å². The molecule has 25 heavy (non-hydrogen) atoms. The van der Waals surface area contributed by atoms with E-state index in [4.69, 9.17) is 0 Å². The van der Waals surface area contributed by atoms with Crippen molar-refractivity contribution in [3.8, 4) is 0 Å². The molecule has 0 saturated carbocycles. The third-order valence-electron chi connectivity index (χ3n) is 3.86. The summed E-state index contributed by atoms with van der Waals surface area (Å²) in [4.78, 5) is 36.4. The van der Waals surface area contributed by atoms with Crippen LogP contribution in [0.1, 0.15) is 21.5 Å². The first-order valence-electron chi connectivity index (χ1n) is 7.68. The zero-order chi connectivity index (χ0) is 18.0. The third kappa shape index (κ3) is 3.65. The van der Waals surface area contributed by atoms with Crippen molar-refractivity contribution < 1.29 is 18.8 Å². The Hall–Kier alpha value is -3.22. The van der Waals surface area contributed by atoms with Gasteiger partial charge in [-0.05, 0) is 42.3 Å². The van der Waals surface area contributed by atoms with Crippen molar-refractivity contribution in [1.29, 1.82) is 0 Å². The predicted molar refractivity (Wildman–Crippen MR) is 89.5 cm³/mol. The van der Waals surface area contributed by atoms with Crippen molar-refractivity contribution in [1.82, 2.24) is 10.2 Å². The lowest BCUT2D eigenvalue weighted by Crippen LogP contribution is -2.30. The fourth-order valence-corrected chi connectivity index (χ4v) is 2.49. The van der Waals surface area contributed by atoms with Crippen LogP contribution in [0.3, 0.4) is 0 Å². The zero-order valence-electron chi connectivity index (χ0n) is 13.5. The number of anilines is 1. The van der Waals surface area contributed by atoms with Gasteiger partial charge in [-0.25, -0.2) is 9.18 Å². The maximum Gasteiger partial charge on any atom is 0.324 e. The SMILES string of the molecule is Cc1ccc(F)c(NC(=O)c2ccc(CN3C(=O)CNC3=O)cc2)c1. The van der Waals surface area contributed by atoms with Gasteiger partial charge >= 0.3 is 6.03 Å². The van der Waals surface area contributed by atoms with Gasteiger partial charge in [-0.15, -0.1) is 0 Å². The molecule has 0 spiro atoms. The normalized spacial score (nSPS) is 13.8. The first-order valence-corrected chi connectivity index (χ1v) is 7.68. The van der Waals surface area contributed by atoms with E-state index in [-0.39, 0.29) is 24.7 Å². The molecule has 0 aliphatic carbocycles. The van der Waals surface area contributed by atoms with Crippen LogP contribution in [-0.2, 0) is 11.3 Å². The lowest BCUT2D eigenvalue weighted by atomic mass is 10.1. The summed E-state index contributed by atoms with van der Waals surface area (Å²) in [6, 6.07) is 10.5. The first kappa shape index (κ1) is 16.6. The Morgan fingerprint density at radius 2 is 1.92 bits per heavy atom. The molecule has 1 heterocycles. The number of aryl methyl sites for hydroxylation is 1. The monoisotopic (exact) mass is 341 g/mol. The van der Waals surface area contributed by atoms with Crippen LogP contribution in [0.5, 0.6) is 0 Å². The van der Waals surface area contributed by atoms with Crippen molar-refractivity contribution in [3.63, 3.8) is 0 Å². The van der Waals surface area contributed by atoms with Gasteiger partial charge in [0.2, 0.25) is 5.91 Å². The summed E-state index contributed by atoms with van der Waals surface area (Å²) < 4.78 is 13.7. The number of nitrogens with zero attached hydrogens (tertiary/aromatic N) is 1. The molecule has 1 fully saturated rings. The van der Waals surface area contributed by atoms with E-state index in [9.17, 15) is 18.8 Å². The van der Waals surface area contributed by atoms with Gasteiger partial charge in [-0.2, -0.15) is 0 Å². The molecule has 3 rings (SSSR count). The summed E-state index contributed by atoms with van der Waals surface area (Å²) in [6.07, 6.45) is 0. The number of hydrogen-bond acceptors (Lipinski definition) is 3.